The number of carbonyl (C=O) groups excluding carboxylic acids is 1. The van der Waals surface area contributed by atoms with Gasteiger partial charge in [-0.2, -0.15) is 0 Å². The van der Waals surface area contributed by atoms with Crippen molar-refractivity contribution in [2.45, 2.75) is 25.3 Å². The Balaban J connectivity index is 2.20. The summed E-state index contributed by atoms with van der Waals surface area (Å²) >= 11 is 2.45. The molecule has 0 aliphatic carbocycles. The zero-order chi connectivity index (χ0) is 15.6. The highest BCUT2D eigenvalue weighted by Gasteiger charge is 2.41. The van der Waals surface area contributed by atoms with E-state index in [0.29, 0.717) is 0 Å². The molecule has 0 spiro atoms. The monoisotopic (exact) mass is 405 g/mol. The van der Waals surface area contributed by atoms with Crippen LogP contribution in [0.1, 0.15) is 30.0 Å². The molecule has 1 aliphatic rings. The van der Waals surface area contributed by atoms with E-state index in [0.717, 1.165) is 23.9 Å². The van der Waals surface area contributed by atoms with Crippen LogP contribution in [0.3, 0.4) is 0 Å². The SMILES string of the molecule is CC(=O)N1Cc2ccccc2C(CCI)(c2ccccc2)C1. The lowest BCUT2D eigenvalue weighted by Crippen LogP contribution is -2.48. The molecule has 0 bridgehead atoms. The molecule has 1 aliphatic heterocycles. The molecule has 2 aromatic carbocycles. The van der Waals surface area contributed by atoms with Crippen molar-refractivity contribution in [1.82, 2.24) is 4.90 Å². The van der Waals surface area contributed by atoms with Crippen molar-refractivity contribution in [2.24, 2.45) is 0 Å². The first-order valence-corrected chi connectivity index (χ1v) is 9.15. The summed E-state index contributed by atoms with van der Waals surface area (Å²) in [6.45, 7) is 3.17. The Morgan fingerprint density at radius 1 is 1.14 bits per heavy atom. The second kappa shape index (κ2) is 6.41. The summed E-state index contributed by atoms with van der Waals surface area (Å²) in [5.74, 6) is 0.156. The number of hydrogen-bond acceptors (Lipinski definition) is 1. The van der Waals surface area contributed by atoms with Gasteiger partial charge < -0.3 is 4.90 Å². The molecule has 3 rings (SSSR count). The van der Waals surface area contributed by atoms with Gasteiger partial charge in [0.25, 0.3) is 0 Å². The largest absolute Gasteiger partial charge is 0.337 e. The fourth-order valence-electron chi connectivity index (χ4n) is 3.54. The fourth-order valence-corrected chi connectivity index (χ4v) is 4.46. The highest BCUT2D eigenvalue weighted by atomic mass is 127. The number of hydrogen-bond donors (Lipinski definition) is 0. The van der Waals surface area contributed by atoms with Crippen LogP contribution >= 0.6 is 22.6 Å². The standard InChI is InChI=1S/C19H20INO/c1-15(22)21-13-16-7-5-6-10-18(16)19(14-21,11-12-20)17-8-3-2-4-9-17/h2-10H,11-14H2,1H3. The van der Waals surface area contributed by atoms with E-state index in [1.807, 2.05) is 4.90 Å². The topological polar surface area (TPSA) is 20.3 Å². The summed E-state index contributed by atoms with van der Waals surface area (Å²) in [4.78, 5) is 14.0. The lowest BCUT2D eigenvalue weighted by Gasteiger charge is -2.44. The molecule has 1 heterocycles. The van der Waals surface area contributed by atoms with Crippen LogP contribution in [0.4, 0.5) is 0 Å². The molecule has 2 nitrogen and oxygen atoms in total. The van der Waals surface area contributed by atoms with E-state index in [9.17, 15) is 4.79 Å². The average molecular weight is 405 g/mol. The van der Waals surface area contributed by atoms with E-state index in [1.54, 1.807) is 6.92 Å². The van der Waals surface area contributed by atoms with E-state index in [4.69, 9.17) is 0 Å². The van der Waals surface area contributed by atoms with Crippen molar-refractivity contribution < 1.29 is 4.79 Å². The van der Waals surface area contributed by atoms with E-state index < -0.39 is 0 Å². The number of halogens is 1. The van der Waals surface area contributed by atoms with Crippen molar-refractivity contribution in [3.8, 4) is 0 Å². The van der Waals surface area contributed by atoms with Gasteiger partial charge in [-0.1, -0.05) is 77.2 Å². The van der Waals surface area contributed by atoms with Crippen molar-refractivity contribution in [1.29, 1.82) is 0 Å². The predicted octanol–water partition coefficient (Wildman–Crippen LogP) is 4.16. The molecule has 0 fully saturated rings. The molecule has 22 heavy (non-hydrogen) atoms. The van der Waals surface area contributed by atoms with E-state index in [1.165, 1.54) is 16.7 Å². The molecule has 3 heteroatoms. The van der Waals surface area contributed by atoms with Crippen molar-refractivity contribution >= 4 is 28.5 Å². The summed E-state index contributed by atoms with van der Waals surface area (Å²) in [7, 11) is 0. The van der Waals surface area contributed by atoms with Gasteiger partial charge in [0.05, 0.1) is 0 Å². The molecule has 114 valence electrons. The van der Waals surface area contributed by atoms with Gasteiger partial charge in [-0.05, 0) is 23.1 Å². The van der Waals surface area contributed by atoms with Crippen LogP contribution in [0.25, 0.3) is 0 Å². The van der Waals surface area contributed by atoms with Crippen LogP contribution in [-0.4, -0.2) is 21.8 Å². The maximum Gasteiger partial charge on any atom is 0.219 e. The number of amides is 1. The van der Waals surface area contributed by atoms with Gasteiger partial charge in [-0.25, -0.2) is 0 Å². The molecule has 0 saturated carbocycles. The molecule has 1 unspecified atom stereocenters. The Labute approximate surface area is 145 Å². The van der Waals surface area contributed by atoms with Crippen molar-refractivity contribution in [2.75, 3.05) is 11.0 Å². The predicted molar refractivity (Wildman–Crippen MR) is 98.3 cm³/mol. The van der Waals surface area contributed by atoms with Gasteiger partial charge in [0, 0.05) is 29.9 Å². The lowest BCUT2D eigenvalue weighted by molar-refractivity contribution is -0.130. The minimum atomic E-state index is -0.0943. The maximum atomic E-state index is 12.1. The highest BCUT2D eigenvalue weighted by Crippen LogP contribution is 2.42. The Bertz CT molecular complexity index is 670. The first-order valence-electron chi connectivity index (χ1n) is 7.63. The van der Waals surface area contributed by atoms with Crippen LogP contribution in [0, 0.1) is 0 Å². The highest BCUT2D eigenvalue weighted by molar-refractivity contribution is 14.1. The summed E-state index contributed by atoms with van der Waals surface area (Å²) in [5, 5.41) is 0. The van der Waals surface area contributed by atoms with E-state index >= 15 is 0 Å². The number of benzene rings is 2. The van der Waals surface area contributed by atoms with Gasteiger partial charge in [0.1, 0.15) is 0 Å². The van der Waals surface area contributed by atoms with Crippen LogP contribution in [-0.2, 0) is 16.8 Å². The number of nitrogens with zero attached hydrogens (tertiary/aromatic N) is 1. The van der Waals surface area contributed by atoms with Gasteiger partial charge in [-0.3, -0.25) is 4.79 Å². The van der Waals surface area contributed by atoms with Gasteiger partial charge in [0.2, 0.25) is 5.91 Å². The first-order chi connectivity index (χ1) is 10.7. The van der Waals surface area contributed by atoms with E-state index in [-0.39, 0.29) is 11.3 Å². The fraction of sp³-hybridized carbons (Fsp3) is 0.316. The molecule has 1 amide bonds. The van der Waals surface area contributed by atoms with Crippen molar-refractivity contribution in [3.63, 3.8) is 0 Å². The number of fused-ring (bicyclic) bond motifs is 1. The number of carbonyl (C=O) groups is 1. The minimum absolute atomic E-state index is 0.0943. The smallest absolute Gasteiger partial charge is 0.219 e. The third-order valence-corrected chi connectivity index (χ3v) is 5.19. The van der Waals surface area contributed by atoms with Gasteiger partial charge in [0.15, 0.2) is 0 Å². The maximum absolute atomic E-state index is 12.1. The van der Waals surface area contributed by atoms with Gasteiger partial charge in [-0.15, -0.1) is 0 Å². The minimum Gasteiger partial charge on any atom is -0.337 e. The zero-order valence-electron chi connectivity index (χ0n) is 12.8. The van der Waals surface area contributed by atoms with Gasteiger partial charge >= 0.3 is 0 Å². The number of alkyl halides is 1. The summed E-state index contributed by atoms with van der Waals surface area (Å²) in [5.41, 5.74) is 3.88. The lowest BCUT2D eigenvalue weighted by atomic mass is 9.68. The number of rotatable bonds is 3. The van der Waals surface area contributed by atoms with Crippen LogP contribution in [0.15, 0.2) is 54.6 Å². The molecule has 0 radical (unpaired) electrons. The molecule has 2 aromatic rings. The normalized spacial score (nSPS) is 20.5. The van der Waals surface area contributed by atoms with E-state index in [2.05, 4.69) is 77.2 Å². The van der Waals surface area contributed by atoms with Crippen molar-refractivity contribution in [3.05, 3.63) is 71.3 Å². The molecular formula is C19H20INO. The first kappa shape index (κ1) is 15.5. The third-order valence-electron chi connectivity index (χ3n) is 4.65. The Morgan fingerprint density at radius 3 is 2.50 bits per heavy atom. The molecule has 0 saturated heterocycles. The Hall–Kier alpha value is -1.36. The second-order valence-corrected chi connectivity index (χ2v) is 7.00. The Kier molecular flexibility index (Phi) is 4.52. The van der Waals surface area contributed by atoms with Crippen LogP contribution < -0.4 is 0 Å². The summed E-state index contributed by atoms with van der Waals surface area (Å²) < 4.78 is 1.06. The molecule has 0 N–H and O–H groups in total. The zero-order valence-corrected chi connectivity index (χ0v) is 14.9. The van der Waals surface area contributed by atoms with Crippen LogP contribution in [0.5, 0.6) is 0 Å². The average Bonchev–Trinajstić information content (AvgIpc) is 2.55. The Morgan fingerprint density at radius 2 is 1.82 bits per heavy atom. The summed E-state index contributed by atoms with van der Waals surface area (Å²) in [6.07, 6.45) is 1.04. The quantitative estimate of drug-likeness (QED) is 0.555. The van der Waals surface area contributed by atoms with Crippen LogP contribution in [0.2, 0.25) is 0 Å². The second-order valence-electron chi connectivity index (χ2n) is 5.92. The molecule has 1 atom stereocenters. The summed E-state index contributed by atoms with van der Waals surface area (Å²) in [6, 6.07) is 19.2. The molecular weight excluding hydrogens is 385 g/mol. The third kappa shape index (κ3) is 2.67. The molecule has 0 aromatic heterocycles.